The highest BCUT2D eigenvalue weighted by Crippen LogP contribution is 2.32. The molecule has 1 aliphatic rings. The summed E-state index contributed by atoms with van der Waals surface area (Å²) >= 11 is 9.72. The highest BCUT2D eigenvalue weighted by Gasteiger charge is 2.24. The Kier molecular flexibility index (Phi) is 4.47. The number of anilines is 1. The lowest BCUT2D eigenvalue weighted by molar-refractivity contribution is 0.353. The maximum Gasteiger partial charge on any atom is 0.134 e. The van der Waals surface area contributed by atoms with Crippen molar-refractivity contribution in [2.75, 3.05) is 11.2 Å². The summed E-state index contributed by atoms with van der Waals surface area (Å²) in [6.07, 6.45) is 6.84. The second-order valence-corrected chi connectivity index (χ2v) is 6.61. The van der Waals surface area contributed by atoms with Gasteiger partial charge in [0.1, 0.15) is 5.82 Å². The summed E-state index contributed by atoms with van der Waals surface area (Å²) in [5.74, 6) is 2.26. The average Bonchev–Trinajstić information content (AvgIpc) is 2.49. The van der Waals surface area contributed by atoms with Crippen LogP contribution >= 0.6 is 27.5 Å². The van der Waals surface area contributed by atoms with E-state index < -0.39 is 0 Å². The quantitative estimate of drug-likeness (QED) is 0.766. The summed E-state index contributed by atoms with van der Waals surface area (Å²) in [6, 6.07) is 8.73. The van der Waals surface area contributed by atoms with E-state index in [0.29, 0.717) is 12.0 Å². The van der Waals surface area contributed by atoms with Crippen molar-refractivity contribution in [1.82, 2.24) is 4.98 Å². The monoisotopic (exact) mass is 352 g/mol. The van der Waals surface area contributed by atoms with Crippen LogP contribution in [0, 0.1) is 5.92 Å². The fourth-order valence-corrected chi connectivity index (χ4v) is 3.91. The number of hydrogen-bond acceptors (Lipinski definition) is 2. The fourth-order valence-electron chi connectivity index (χ4n) is 3.04. The summed E-state index contributed by atoms with van der Waals surface area (Å²) in [5, 5.41) is 6.00. The van der Waals surface area contributed by atoms with Crippen molar-refractivity contribution in [1.29, 1.82) is 0 Å². The summed E-state index contributed by atoms with van der Waals surface area (Å²) in [6.45, 7) is 0. The van der Waals surface area contributed by atoms with E-state index in [1.165, 1.54) is 36.5 Å². The van der Waals surface area contributed by atoms with Crippen LogP contribution in [0.4, 0.5) is 5.82 Å². The Hall–Kier alpha value is -0.800. The molecule has 0 aliphatic heterocycles. The summed E-state index contributed by atoms with van der Waals surface area (Å²) in [4.78, 5) is 4.54. The molecule has 1 aliphatic carbocycles. The fraction of sp³-hybridized carbons (Fsp3) is 0.438. The zero-order chi connectivity index (χ0) is 13.9. The molecule has 1 heterocycles. The van der Waals surface area contributed by atoms with Gasteiger partial charge >= 0.3 is 0 Å². The van der Waals surface area contributed by atoms with Gasteiger partial charge in [0.05, 0.1) is 0 Å². The van der Waals surface area contributed by atoms with Gasteiger partial charge in [-0.1, -0.05) is 40.9 Å². The first-order chi connectivity index (χ1) is 9.79. The molecule has 1 aromatic carbocycles. The molecule has 106 valence electrons. The molecular weight excluding hydrogens is 336 g/mol. The SMILES string of the molecule is ClCC1CCCCC1Nc1nccc2c(Br)cccc12. The number of nitrogens with one attached hydrogen (secondary N) is 1. The number of fused-ring (bicyclic) bond motifs is 1. The van der Waals surface area contributed by atoms with Gasteiger partial charge in [-0.3, -0.25) is 0 Å². The zero-order valence-corrected chi connectivity index (χ0v) is 13.6. The third kappa shape index (κ3) is 2.79. The second-order valence-electron chi connectivity index (χ2n) is 5.44. The van der Waals surface area contributed by atoms with E-state index >= 15 is 0 Å². The number of nitrogens with zero attached hydrogens (tertiary/aromatic N) is 1. The van der Waals surface area contributed by atoms with Gasteiger partial charge in [0.2, 0.25) is 0 Å². The lowest BCUT2D eigenvalue weighted by atomic mass is 9.85. The minimum Gasteiger partial charge on any atom is -0.367 e. The van der Waals surface area contributed by atoms with Crippen LogP contribution in [0.25, 0.3) is 10.8 Å². The van der Waals surface area contributed by atoms with E-state index in [-0.39, 0.29) is 0 Å². The Labute approximate surface area is 133 Å². The predicted molar refractivity (Wildman–Crippen MR) is 89.5 cm³/mol. The van der Waals surface area contributed by atoms with E-state index in [9.17, 15) is 0 Å². The molecule has 0 spiro atoms. The van der Waals surface area contributed by atoms with Gasteiger partial charge in [-0.05, 0) is 30.9 Å². The minimum atomic E-state index is 0.443. The third-order valence-corrected chi connectivity index (χ3v) is 5.27. The van der Waals surface area contributed by atoms with Crippen molar-refractivity contribution in [3.05, 3.63) is 34.9 Å². The molecule has 2 atom stereocenters. The molecule has 20 heavy (non-hydrogen) atoms. The van der Waals surface area contributed by atoms with Gasteiger partial charge in [0.15, 0.2) is 0 Å². The van der Waals surface area contributed by atoms with Crippen LogP contribution in [0.1, 0.15) is 25.7 Å². The molecule has 1 fully saturated rings. The lowest BCUT2D eigenvalue weighted by Gasteiger charge is -2.31. The third-order valence-electron chi connectivity index (χ3n) is 4.18. The predicted octanol–water partition coefficient (Wildman–Crippen LogP) is 5.21. The summed E-state index contributed by atoms with van der Waals surface area (Å²) in [5.41, 5.74) is 0. The normalized spacial score (nSPS) is 22.9. The molecule has 2 aromatic rings. The molecule has 1 saturated carbocycles. The summed E-state index contributed by atoms with van der Waals surface area (Å²) < 4.78 is 1.11. The van der Waals surface area contributed by atoms with Crippen LogP contribution in [-0.2, 0) is 0 Å². The van der Waals surface area contributed by atoms with Gasteiger partial charge < -0.3 is 5.32 Å². The van der Waals surface area contributed by atoms with E-state index in [1.807, 2.05) is 12.3 Å². The van der Waals surface area contributed by atoms with Crippen molar-refractivity contribution < 1.29 is 0 Å². The average molecular weight is 354 g/mol. The van der Waals surface area contributed by atoms with Crippen LogP contribution < -0.4 is 5.32 Å². The maximum absolute atomic E-state index is 6.12. The molecule has 1 N–H and O–H groups in total. The van der Waals surface area contributed by atoms with Crippen LogP contribution in [0.3, 0.4) is 0 Å². The number of benzene rings is 1. The topological polar surface area (TPSA) is 24.9 Å². The zero-order valence-electron chi connectivity index (χ0n) is 11.3. The van der Waals surface area contributed by atoms with Gasteiger partial charge in [-0.2, -0.15) is 0 Å². The first-order valence-corrected chi connectivity index (χ1v) is 8.48. The van der Waals surface area contributed by atoms with E-state index in [0.717, 1.165) is 16.2 Å². The number of hydrogen-bond donors (Lipinski definition) is 1. The molecule has 0 saturated heterocycles. The molecule has 4 heteroatoms. The van der Waals surface area contributed by atoms with Crippen molar-refractivity contribution in [2.24, 2.45) is 5.92 Å². The number of aromatic nitrogens is 1. The van der Waals surface area contributed by atoms with Crippen LogP contribution in [0.15, 0.2) is 34.9 Å². The largest absolute Gasteiger partial charge is 0.367 e. The van der Waals surface area contributed by atoms with Crippen molar-refractivity contribution in [2.45, 2.75) is 31.7 Å². The van der Waals surface area contributed by atoms with Crippen LogP contribution in [0.5, 0.6) is 0 Å². The Morgan fingerprint density at radius 3 is 2.90 bits per heavy atom. The standard InChI is InChI=1S/C16H18BrClN2/c17-14-6-3-5-13-12(14)8-9-19-16(13)20-15-7-2-1-4-11(15)10-18/h3,5-6,8-9,11,15H,1-2,4,7,10H2,(H,19,20). The van der Waals surface area contributed by atoms with Crippen molar-refractivity contribution in [3.8, 4) is 0 Å². The van der Waals surface area contributed by atoms with Crippen molar-refractivity contribution >= 4 is 44.1 Å². The Morgan fingerprint density at radius 2 is 2.05 bits per heavy atom. The van der Waals surface area contributed by atoms with Gasteiger partial charge in [0.25, 0.3) is 0 Å². The van der Waals surface area contributed by atoms with Crippen LogP contribution in [-0.4, -0.2) is 16.9 Å². The Bertz CT molecular complexity index is 602. The number of pyridine rings is 1. The molecule has 2 nitrogen and oxygen atoms in total. The highest BCUT2D eigenvalue weighted by molar-refractivity contribution is 9.10. The van der Waals surface area contributed by atoms with Gasteiger partial charge in [-0.25, -0.2) is 4.98 Å². The van der Waals surface area contributed by atoms with E-state index in [4.69, 9.17) is 11.6 Å². The first-order valence-electron chi connectivity index (χ1n) is 7.15. The highest BCUT2D eigenvalue weighted by atomic mass is 79.9. The Balaban J connectivity index is 1.92. The number of rotatable bonds is 3. The number of halogens is 2. The lowest BCUT2D eigenvalue weighted by Crippen LogP contribution is -2.33. The first kappa shape index (κ1) is 14.2. The minimum absolute atomic E-state index is 0.443. The van der Waals surface area contributed by atoms with Gasteiger partial charge in [-0.15, -0.1) is 11.6 Å². The van der Waals surface area contributed by atoms with Gasteiger partial charge in [0, 0.05) is 33.4 Å². The maximum atomic E-state index is 6.12. The van der Waals surface area contributed by atoms with Crippen molar-refractivity contribution in [3.63, 3.8) is 0 Å². The smallest absolute Gasteiger partial charge is 0.134 e. The van der Waals surface area contributed by atoms with E-state index in [2.05, 4.69) is 44.4 Å². The molecule has 0 bridgehead atoms. The second kappa shape index (κ2) is 6.31. The molecule has 0 amide bonds. The molecule has 1 aromatic heterocycles. The Morgan fingerprint density at radius 1 is 1.20 bits per heavy atom. The van der Waals surface area contributed by atoms with Crippen LogP contribution in [0.2, 0.25) is 0 Å². The number of alkyl halides is 1. The molecule has 0 radical (unpaired) electrons. The molecule has 3 rings (SSSR count). The molecule has 2 unspecified atom stereocenters. The van der Waals surface area contributed by atoms with E-state index in [1.54, 1.807) is 0 Å². The summed E-state index contributed by atoms with van der Waals surface area (Å²) in [7, 11) is 0. The molecular formula is C16H18BrClN2.